The minimum atomic E-state index is -0.323. The first-order valence-corrected chi connectivity index (χ1v) is 10.4. The first-order chi connectivity index (χ1) is 15.0. The third-order valence-corrected chi connectivity index (χ3v) is 4.57. The van der Waals surface area contributed by atoms with Crippen molar-refractivity contribution in [1.29, 1.82) is 0 Å². The Bertz CT molecular complexity index is 913. The fraction of sp³-hybridized carbons (Fsp3) is 0.308. The van der Waals surface area contributed by atoms with E-state index in [-0.39, 0.29) is 18.5 Å². The lowest BCUT2D eigenvalue weighted by atomic mass is 10.0. The number of amides is 1. The summed E-state index contributed by atoms with van der Waals surface area (Å²) in [6.45, 7) is 2.20. The van der Waals surface area contributed by atoms with Crippen LogP contribution in [-0.2, 0) is 16.0 Å². The first-order valence-electron chi connectivity index (χ1n) is 10.4. The zero-order chi connectivity index (χ0) is 23.1. The Morgan fingerprint density at radius 3 is 2.03 bits per heavy atom. The van der Waals surface area contributed by atoms with Crippen LogP contribution >= 0.6 is 0 Å². The highest BCUT2D eigenvalue weighted by molar-refractivity contribution is 5.85. The van der Waals surface area contributed by atoms with Gasteiger partial charge in [-0.25, -0.2) is 0 Å². The summed E-state index contributed by atoms with van der Waals surface area (Å²) in [7, 11) is 7.15. The van der Waals surface area contributed by atoms with Crippen molar-refractivity contribution in [2.75, 3.05) is 34.7 Å². The predicted octanol–water partition coefficient (Wildman–Crippen LogP) is 3.46. The van der Waals surface area contributed by atoms with Crippen molar-refractivity contribution in [3.63, 3.8) is 0 Å². The highest BCUT2D eigenvalue weighted by atomic mass is 16.2. The van der Waals surface area contributed by atoms with E-state index in [1.807, 2.05) is 50.5 Å². The van der Waals surface area contributed by atoms with Crippen molar-refractivity contribution in [3.8, 4) is 0 Å². The number of likely N-dealkylation sites (N-methyl/N-ethyl adjacent to an activating group) is 2. The van der Waals surface area contributed by atoms with Crippen molar-refractivity contribution in [2.45, 2.75) is 19.4 Å². The quantitative estimate of drug-likeness (QED) is 0.599. The molecule has 3 aromatic carbocycles. The van der Waals surface area contributed by atoms with E-state index in [9.17, 15) is 9.59 Å². The molecule has 0 saturated heterocycles. The van der Waals surface area contributed by atoms with Crippen LogP contribution < -0.4 is 10.6 Å². The Balaban J connectivity index is 0.000000397. The summed E-state index contributed by atoms with van der Waals surface area (Å²) in [6, 6.07) is 24.3. The summed E-state index contributed by atoms with van der Waals surface area (Å²) in [5.74, 6) is -0.0715. The van der Waals surface area contributed by atoms with Gasteiger partial charge in [-0.15, -0.1) is 0 Å². The van der Waals surface area contributed by atoms with E-state index in [4.69, 9.17) is 0 Å². The topological polar surface area (TPSA) is 61.4 Å². The largest absolute Gasteiger partial charge is 0.337 e. The van der Waals surface area contributed by atoms with Crippen molar-refractivity contribution in [2.24, 2.45) is 0 Å². The van der Waals surface area contributed by atoms with E-state index in [1.165, 1.54) is 21.2 Å². The van der Waals surface area contributed by atoms with Crippen LogP contribution in [0, 0.1) is 6.92 Å². The van der Waals surface area contributed by atoms with Gasteiger partial charge in [-0.3, -0.25) is 4.79 Å². The highest BCUT2D eigenvalue weighted by Crippen LogP contribution is 2.17. The number of hydrogen-bond donors (Lipinski definition) is 2. The number of aldehydes is 1. The van der Waals surface area contributed by atoms with Gasteiger partial charge in [-0.05, 0) is 50.8 Å². The number of carbonyl (C=O) groups excluding carboxylic acids is 2. The van der Waals surface area contributed by atoms with E-state index in [1.54, 1.807) is 14.1 Å². The summed E-state index contributed by atoms with van der Waals surface area (Å²) in [5, 5.41) is 8.13. The predicted molar refractivity (Wildman–Crippen MR) is 130 cm³/mol. The second kappa shape index (κ2) is 14.9. The average molecular weight is 422 g/mol. The number of aryl methyl sites for hydroxylation is 1. The molecule has 3 rings (SSSR count). The second-order valence-corrected chi connectivity index (χ2v) is 7.27. The van der Waals surface area contributed by atoms with Gasteiger partial charge in [-0.1, -0.05) is 78.4 Å². The van der Waals surface area contributed by atoms with Gasteiger partial charge >= 0.3 is 0 Å². The molecule has 1 amide bonds. The molecule has 5 nitrogen and oxygen atoms in total. The molecule has 0 aliphatic carbocycles. The molecular weight excluding hydrogens is 386 g/mol. The van der Waals surface area contributed by atoms with Gasteiger partial charge in [0.15, 0.2) is 0 Å². The number of benzene rings is 3. The minimum Gasteiger partial charge on any atom is -0.337 e. The SMILES string of the molecule is CNC.CN[C@H](Cc1ccc2ccccc2c1)C(=O)N(C)CC=O.Cc1ccccc1. The number of fused-ring (bicyclic) bond motifs is 1. The normalized spacial score (nSPS) is 10.7. The number of hydrogen-bond acceptors (Lipinski definition) is 4. The lowest BCUT2D eigenvalue weighted by Gasteiger charge is -2.22. The van der Waals surface area contributed by atoms with Crippen molar-refractivity contribution < 1.29 is 9.59 Å². The Labute approximate surface area is 186 Å². The van der Waals surface area contributed by atoms with E-state index < -0.39 is 0 Å². The summed E-state index contributed by atoms with van der Waals surface area (Å²) < 4.78 is 0. The van der Waals surface area contributed by atoms with E-state index in [0.717, 1.165) is 11.8 Å². The van der Waals surface area contributed by atoms with E-state index in [2.05, 4.69) is 54.0 Å². The zero-order valence-corrected chi connectivity index (χ0v) is 19.3. The molecule has 0 bridgehead atoms. The molecule has 5 heteroatoms. The zero-order valence-electron chi connectivity index (χ0n) is 19.3. The molecule has 2 N–H and O–H groups in total. The first kappa shape index (κ1) is 26.0. The summed E-state index contributed by atoms with van der Waals surface area (Å²) >= 11 is 0. The monoisotopic (exact) mass is 421 g/mol. The maximum absolute atomic E-state index is 12.2. The van der Waals surface area contributed by atoms with Crippen LogP contribution in [0.4, 0.5) is 0 Å². The van der Waals surface area contributed by atoms with E-state index >= 15 is 0 Å². The Morgan fingerprint density at radius 2 is 1.52 bits per heavy atom. The summed E-state index contributed by atoms with van der Waals surface area (Å²) in [6.07, 6.45) is 1.34. The maximum Gasteiger partial charge on any atom is 0.240 e. The van der Waals surface area contributed by atoms with Crippen LogP contribution in [0.3, 0.4) is 0 Å². The number of rotatable bonds is 6. The fourth-order valence-electron chi connectivity index (χ4n) is 2.92. The standard InChI is InChI=1S/C17H20N2O2.C7H8.C2H7N/c1-18-16(17(21)19(2)9-10-20)12-13-7-8-14-5-3-4-6-15(14)11-13;1-7-5-3-2-4-6-7;1-3-2/h3-8,10-11,16,18H,9,12H2,1-2H3;2-6H,1H3;3H,1-2H3/t16-;;/m1../s1. The smallest absolute Gasteiger partial charge is 0.240 e. The van der Waals surface area contributed by atoms with Crippen LogP contribution in [0.25, 0.3) is 10.8 Å². The van der Waals surface area contributed by atoms with Gasteiger partial charge in [0.1, 0.15) is 6.29 Å². The van der Waals surface area contributed by atoms with Crippen LogP contribution in [0.5, 0.6) is 0 Å². The Kier molecular flexibility index (Phi) is 12.5. The Morgan fingerprint density at radius 1 is 0.935 bits per heavy atom. The maximum atomic E-state index is 12.2. The fourth-order valence-corrected chi connectivity index (χ4v) is 2.92. The molecule has 31 heavy (non-hydrogen) atoms. The third-order valence-electron chi connectivity index (χ3n) is 4.57. The van der Waals surface area contributed by atoms with E-state index in [0.29, 0.717) is 6.42 Å². The van der Waals surface area contributed by atoms with Gasteiger partial charge in [0, 0.05) is 7.05 Å². The molecule has 0 aliphatic heterocycles. The summed E-state index contributed by atoms with van der Waals surface area (Å²) in [5.41, 5.74) is 2.42. The molecule has 3 aromatic rings. The molecular formula is C26H35N3O2. The molecule has 0 heterocycles. The van der Waals surface area contributed by atoms with Gasteiger partial charge < -0.3 is 20.3 Å². The van der Waals surface area contributed by atoms with Crippen LogP contribution in [0.15, 0.2) is 72.8 Å². The molecule has 1 atom stereocenters. The molecule has 0 unspecified atom stereocenters. The van der Waals surface area contributed by atoms with Gasteiger partial charge in [0.05, 0.1) is 12.6 Å². The lowest BCUT2D eigenvalue weighted by molar-refractivity contribution is -0.133. The van der Waals surface area contributed by atoms with Crippen molar-refractivity contribution in [1.82, 2.24) is 15.5 Å². The average Bonchev–Trinajstić information content (AvgIpc) is 2.78. The third kappa shape index (κ3) is 9.55. The molecule has 166 valence electrons. The summed E-state index contributed by atoms with van der Waals surface area (Å²) in [4.78, 5) is 24.2. The molecule has 0 aromatic heterocycles. The molecule has 0 radical (unpaired) electrons. The molecule has 0 aliphatic rings. The van der Waals surface area contributed by atoms with Crippen LogP contribution in [0.2, 0.25) is 0 Å². The molecule has 0 spiro atoms. The Hall–Kier alpha value is -3.02. The second-order valence-electron chi connectivity index (χ2n) is 7.27. The van der Waals surface area contributed by atoms with Crippen LogP contribution in [0.1, 0.15) is 11.1 Å². The molecule has 0 fully saturated rings. The minimum absolute atomic E-state index is 0.0715. The van der Waals surface area contributed by atoms with Crippen LogP contribution in [-0.4, -0.2) is 57.9 Å². The van der Waals surface area contributed by atoms with Gasteiger partial charge in [0.2, 0.25) is 5.91 Å². The number of nitrogens with one attached hydrogen (secondary N) is 2. The van der Waals surface area contributed by atoms with Gasteiger partial charge in [0.25, 0.3) is 0 Å². The van der Waals surface area contributed by atoms with Gasteiger partial charge in [-0.2, -0.15) is 0 Å². The molecule has 0 saturated carbocycles. The lowest BCUT2D eigenvalue weighted by Crippen LogP contribution is -2.45. The van der Waals surface area contributed by atoms with Crippen molar-refractivity contribution in [3.05, 3.63) is 83.9 Å². The number of carbonyl (C=O) groups is 2. The number of nitrogens with zero attached hydrogens (tertiary/aromatic N) is 1. The highest BCUT2D eigenvalue weighted by Gasteiger charge is 2.20. The van der Waals surface area contributed by atoms with Crippen molar-refractivity contribution >= 4 is 23.0 Å².